The fourth-order valence-corrected chi connectivity index (χ4v) is 2.14. The topological polar surface area (TPSA) is 29.5 Å². The number of carbonyl (C=O) groups is 1. The molecule has 1 rings (SSSR count). The van der Waals surface area contributed by atoms with Crippen LogP contribution >= 0.6 is 0 Å². The molecule has 0 radical (unpaired) electrons. The number of amides is 1. The Kier molecular flexibility index (Phi) is 3.63. The molecule has 0 spiro atoms. The van der Waals surface area contributed by atoms with Gasteiger partial charge in [-0.2, -0.15) is 0 Å². The maximum atomic E-state index is 11.8. The molecule has 0 saturated carbocycles. The lowest BCUT2D eigenvalue weighted by molar-refractivity contribution is 0.0883. The minimum Gasteiger partial charge on any atom is -0.449 e. The van der Waals surface area contributed by atoms with Gasteiger partial charge >= 0.3 is 6.09 Å². The summed E-state index contributed by atoms with van der Waals surface area (Å²) in [6.07, 6.45) is 0.854. The third kappa shape index (κ3) is 3.40. The number of hydrogen-bond donors (Lipinski definition) is 0. The summed E-state index contributed by atoms with van der Waals surface area (Å²) in [5.74, 6) is 0.487. The Morgan fingerprint density at radius 2 is 2.13 bits per heavy atom. The first kappa shape index (κ1) is 12.3. The molecular weight excluding hydrogens is 190 g/mol. The van der Waals surface area contributed by atoms with Crippen molar-refractivity contribution in [1.29, 1.82) is 0 Å². The van der Waals surface area contributed by atoms with Crippen molar-refractivity contribution < 1.29 is 9.53 Å². The molecule has 0 aliphatic carbocycles. The molecule has 1 aliphatic rings. The second-order valence-corrected chi connectivity index (χ2v) is 5.82. The number of nitrogens with zero attached hydrogens (tertiary/aromatic N) is 1. The normalized spacial score (nSPS) is 26.4. The monoisotopic (exact) mass is 213 g/mol. The summed E-state index contributed by atoms with van der Waals surface area (Å²) >= 11 is 0. The number of cyclic esters (lactones) is 1. The van der Waals surface area contributed by atoms with Gasteiger partial charge in [-0.3, -0.25) is 0 Å². The van der Waals surface area contributed by atoms with Gasteiger partial charge in [-0.25, -0.2) is 4.79 Å². The molecule has 1 heterocycles. The van der Waals surface area contributed by atoms with Crippen molar-refractivity contribution in [2.24, 2.45) is 11.3 Å². The van der Waals surface area contributed by atoms with Crippen molar-refractivity contribution in [3.05, 3.63) is 0 Å². The van der Waals surface area contributed by atoms with Gasteiger partial charge in [0.15, 0.2) is 0 Å². The second kappa shape index (κ2) is 4.42. The summed E-state index contributed by atoms with van der Waals surface area (Å²) in [7, 11) is 0. The number of rotatable bonds is 2. The lowest BCUT2D eigenvalue weighted by Gasteiger charge is -2.29. The molecule has 15 heavy (non-hydrogen) atoms. The Hall–Kier alpha value is -0.730. The van der Waals surface area contributed by atoms with Crippen LogP contribution in [0.3, 0.4) is 0 Å². The van der Waals surface area contributed by atoms with Gasteiger partial charge in [0.25, 0.3) is 0 Å². The number of ether oxygens (including phenoxy) is 1. The van der Waals surface area contributed by atoms with E-state index in [4.69, 9.17) is 4.74 Å². The number of hydrogen-bond acceptors (Lipinski definition) is 2. The second-order valence-electron chi connectivity index (χ2n) is 5.82. The SMILES string of the molecule is CC(C)CN1C(=O)OCC(C)(C)CC1C. The molecule has 0 aromatic carbocycles. The predicted octanol–water partition coefficient (Wildman–Crippen LogP) is 2.90. The van der Waals surface area contributed by atoms with E-state index in [0.29, 0.717) is 12.5 Å². The highest BCUT2D eigenvalue weighted by molar-refractivity contribution is 5.68. The van der Waals surface area contributed by atoms with Crippen molar-refractivity contribution in [3.63, 3.8) is 0 Å². The van der Waals surface area contributed by atoms with Gasteiger partial charge in [-0.1, -0.05) is 27.7 Å². The molecule has 0 aromatic heterocycles. The van der Waals surface area contributed by atoms with Crippen LogP contribution in [-0.2, 0) is 4.74 Å². The van der Waals surface area contributed by atoms with Crippen LogP contribution in [0.1, 0.15) is 41.0 Å². The predicted molar refractivity (Wildman–Crippen MR) is 60.8 cm³/mol. The molecule has 1 atom stereocenters. The van der Waals surface area contributed by atoms with Crippen molar-refractivity contribution >= 4 is 6.09 Å². The highest BCUT2D eigenvalue weighted by Gasteiger charge is 2.33. The maximum Gasteiger partial charge on any atom is 0.410 e. The van der Waals surface area contributed by atoms with E-state index in [1.165, 1.54) is 0 Å². The van der Waals surface area contributed by atoms with Gasteiger partial charge in [-0.15, -0.1) is 0 Å². The van der Waals surface area contributed by atoms with Crippen molar-refractivity contribution in [3.8, 4) is 0 Å². The summed E-state index contributed by atoms with van der Waals surface area (Å²) in [5, 5.41) is 0. The van der Waals surface area contributed by atoms with E-state index in [1.54, 1.807) is 0 Å². The van der Waals surface area contributed by atoms with E-state index in [2.05, 4.69) is 34.6 Å². The van der Waals surface area contributed by atoms with Crippen LogP contribution in [0.2, 0.25) is 0 Å². The highest BCUT2D eigenvalue weighted by Crippen LogP contribution is 2.29. The third-order valence-electron chi connectivity index (χ3n) is 2.76. The largest absolute Gasteiger partial charge is 0.449 e. The molecule has 0 N–H and O–H groups in total. The van der Waals surface area contributed by atoms with Crippen LogP contribution in [0, 0.1) is 11.3 Å². The first-order chi connectivity index (χ1) is 6.82. The lowest BCUT2D eigenvalue weighted by atomic mass is 9.87. The molecule has 1 fully saturated rings. The Morgan fingerprint density at radius 1 is 1.53 bits per heavy atom. The molecule has 1 amide bonds. The van der Waals surface area contributed by atoms with Gasteiger partial charge in [0.1, 0.15) is 0 Å². The fourth-order valence-electron chi connectivity index (χ4n) is 2.14. The average molecular weight is 213 g/mol. The molecule has 3 heteroatoms. The quantitative estimate of drug-likeness (QED) is 0.706. The average Bonchev–Trinajstić information content (AvgIpc) is 2.16. The Morgan fingerprint density at radius 3 is 2.67 bits per heavy atom. The van der Waals surface area contributed by atoms with Gasteiger partial charge in [0.05, 0.1) is 6.61 Å². The smallest absolute Gasteiger partial charge is 0.410 e. The maximum absolute atomic E-state index is 11.8. The minimum atomic E-state index is -0.151. The zero-order chi connectivity index (χ0) is 11.6. The molecule has 1 unspecified atom stereocenters. The van der Waals surface area contributed by atoms with Crippen molar-refractivity contribution in [2.75, 3.05) is 13.2 Å². The zero-order valence-electron chi connectivity index (χ0n) is 10.5. The highest BCUT2D eigenvalue weighted by atomic mass is 16.6. The van der Waals surface area contributed by atoms with E-state index in [-0.39, 0.29) is 17.6 Å². The first-order valence-electron chi connectivity index (χ1n) is 5.75. The Balaban J connectivity index is 2.73. The van der Waals surface area contributed by atoms with E-state index in [9.17, 15) is 4.79 Å². The molecular formula is C12H23NO2. The Bertz CT molecular complexity index is 236. The summed E-state index contributed by atoms with van der Waals surface area (Å²) in [6.45, 7) is 12.0. The van der Waals surface area contributed by atoms with Crippen LogP contribution in [0.25, 0.3) is 0 Å². The van der Waals surface area contributed by atoms with E-state index >= 15 is 0 Å². The summed E-state index contributed by atoms with van der Waals surface area (Å²) in [6, 6.07) is 0.275. The van der Waals surface area contributed by atoms with Crippen LogP contribution in [0.4, 0.5) is 4.79 Å². The Labute approximate surface area is 92.8 Å². The minimum absolute atomic E-state index is 0.0980. The van der Waals surface area contributed by atoms with E-state index in [0.717, 1.165) is 13.0 Å². The first-order valence-corrected chi connectivity index (χ1v) is 5.75. The third-order valence-corrected chi connectivity index (χ3v) is 2.76. The van der Waals surface area contributed by atoms with Crippen LogP contribution < -0.4 is 0 Å². The van der Waals surface area contributed by atoms with Gasteiger partial charge in [0, 0.05) is 18.0 Å². The molecule has 3 nitrogen and oxygen atoms in total. The molecule has 1 aliphatic heterocycles. The van der Waals surface area contributed by atoms with Gasteiger partial charge in [0.2, 0.25) is 0 Å². The zero-order valence-corrected chi connectivity index (χ0v) is 10.5. The lowest BCUT2D eigenvalue weighted by Crippen LogP contribution is -2.40. The molecule has 1 saturated heterocycles. The number of carbonyl (C=O) groups excluding carboxylic acids is 1. The van der Waals surface area contributed by atoms with Crippen LogP contribution in [0.5, 0.6) is 0 Å². The molecule has 0 bridgehead atoms. The van der Waals surface area contributed by atoms with Gasteiger partial charge < -0.3 is 9.64 Å². The standard InChI is InChI=1S/C12H23NO2/c1-9(2)7-13-10(3)6-12(4,5)8-15-11(13)14/h9-10H,6-8H2,1-5H3. The van der Waals surface area contributed by atoms with Crippen molar-refractivity contribution in [2.45, 2.75) is 47.1 Å². The van der Waals surface area contributed by atoms with Crippen molar-refractivity contribution in [1.82, 2.24) is 4.90 Å². The van der Waals surface area contributed by atoms with Crippen LogP contribution in [0.15, 0.2) is 0 Å². The summed E-state index contributed by atoms with van der Waals surface area (Å²) in [5.41, 5.74) is 0.0980. The fraction of sp³-hybridized carbons (Fsp3) is 0.917. The molecule has 88 valence electrons. The summed E-state index contributed by atoms with van der Waals surface area (Å²) in [4.78, 5) is 13.6. The van der Waals surface area contributed by atoms with Gasteiger partial charge in [-0.05, 0) is 19.3 Å². The molecule has 0 aromatic rings. The summed E-state index contributed by atoms with van der Waals surface area (Å²) < 4.78 is 5.29. The van der Waals surface area contributed by atoms with E-state index < -0.39 is 0 Å². The van der Waals surface area contributed by atoms with E-state index in [1.807, 2.05) is 4.90 Å². The van der Waals surface area contributed by atoms with Crippen LogP contribution in [-0.4, -0.2) is 30.2 Å².